The largest absolute Gasteiger partial charge is 0.317 e. The van der Waals surface area contributed by atoms with E-state index in [1.165, 1.54) is 23.2 Å². The van der Waals surface area contributed by atoms with Gasteiger partial charge in [0.2, 0.25) is 0 Å². The van der Waals surface area contributed by atoms with Crippen molar-refractivity contribution in [3.8, 4) is 11.5 Å². The van der Waals surface area contributed by atoms with E-state index in [0.717, 1.165) is 37.4 Å². The van der Waals surface area contributed by atoms with E-state index in [9.17, 15) is 0 Å². The molecule has 1 aliphatic carbocycles. The summed E-state index contributed by atoms with van der Waals surface area (Å²) in [5.41, 5.74) is 4.57. The van der Waals surface area contributed by atoms with Crippen LogP contribution in [-0.2, 0) is 12.8 Å². The first-order valence-electron chi connectivity index (χ1n) is 7.74. The van der Waals surface area contributed by atoms with Gasteiger partial charge >= 0.3 is 0 Å². The van der Waals surface area contributed by atoms with Crippen LogP contribution in [0, 0.1) is 12.8 Å². The lowest BCUT2D eigenvalue weighted by molar-refractivity contribution is 0.424. The Hall–Kier alpha value is -1.81. The Morgan fingerprint density at radius 2 is 2.24 bits per heavy atom. The Labute approximate surface area is 126 Å². The number of hydrogen-bond acceptors (Lipinski definition) is 4. The van der Waals surface area contributed by atoms with Crippen LogP contribution in [0.25, 0.3) is 11.5 Å². The van der Waals surface area contributed by atoms with E-state index in [0.29, 0.717) is 5.92 Å². The Morgan fingerprint density at radius 1 is 1.33 bits per heavy atom. The van der Waals surface area contributed by atoms with Gasteiger partial charge in [-0.2, -0.15) is 0 Å². The molecular formula is C17H22N4. The van der Waals surface area contributed by atoms with E-state index < -0.39 is 0 Å². The molecule has 1 atom stereocenters. The van der Waals surface area contributed by atoms with Crippen LogP contribution in [0.1, 0.15) is 30.2 Å². The third-order valence-electron chi connectivity index (χ3n) is 4.08. The normalized spacial score (nSPS) is 17.5. The van der Waals surface area contributed by atoms with Gasteiger partial charge in [0.15, 0.2) is 5.82 Å². The van der Waals surface area contributed by atoms with Gasteiger partial charge in [-0.3, -0.25) is 4.98 Å². The van der Waals surface area contributed by atoms with Crippen molar-refractivity contribution >= 4 is 0 Å². The van der Waals surface area contributed by atoms with E-state index in [1.54, 1.807) is 0 Å². The first-order chi connectivity index (χ1) is 10.3. The van der Waals surface area contributed by atoms with Gasteiger partial charge < -0.3 is 5.32 Å². The maximum atomic E-state index is 4.75. The topological polar surface area (TPSA) is 50.7 Å². The van der Waals surface area contributed by atoms with Gasteiger partial charge in [0.25, 0.3) is 0 Å². The van der Waals surface area contributed by atoms with Gasteiger partial charge in [0.1, 0.15) is 5.69 Å². The van der Waals surface area contributed by atoms with Crippen molar-refractivity contribution in [3.05, 3.63) is 41.3 Å². The summed E-state index contributed by atoms with van der Waals surface area (Å²) < 4.78 is 0. The minimum atomic E-state index is 0.712. The Morgan fingerprint density at radius 3 is 3.05 bits per heavy atom. The lowest BCUT2D eigenvalue weighted by Gasteiger charge is -2.24. The maximum Gasteiger partial charge on any atom is 0.178 e. The van der Waals surface area contributed by atoms with Crippen LogP contribution in [0.15, 0.2) is 24.5 Å². The Balaban J connectivity index is 1.80. The van der Waals surface area contributed by atoms with Crippen molar-refractivity contribution in [2.75, 3.05) is 13.1 Å². The lowest BCUT2D eigenvalue weighted by Crippen LogP contribution is -2.27. The summed E-state index contributed by atoms with van der Waals surface area (Å²) in [5, 5.41) is 3.44. The summed E-state index contributed by atoms with van der Waals surface area (Å²) in [4.78, 5) is 13.6. The lowest BCUT2D eigenvalue weighted by atomic mass is 9.87. The van der Waals surface area contributed by atoms with Crippen LogP contribution in [-0.4, -0.2) is 28.0 Å². The zero-order valence-corrected chi connectivity index (χ0v) is 12.8. The molecule has 0 saturated heterocycles. The number of fused-ring (bicyclic) bond motifs is 1. The van der Waals surface area contributed by atoms with Crippen molar-refractivity contribution in [3.63, 3.8) is 0 Å². The van der Waals surface area contributed by atoms with Crippen LogP contribution in [0.5, 0.6) is 0 Å². The zero-order chi connectivity index (χ0) is 14.7. The minimum absolute atomic E-state index is 0.712. The predicted molar refractivity (Wildman–Crippen MR) is 84.1 cm³/mol. The molecular weight excluding hydrogens is 260 g/mol. The van der Waals surface area contributed by atoms with Crippen LogP contribution in [0.4, 0.5) is 0 Å². The highest BCUT2D eigenvalue weighted by Crippen LogP contribution is 2.25. The highest BCUT2D eigenvalue weighted by atomic mass is 14.9. The van der Waals surface area contributed by atoms with E-state index in [1.807, 2.05) is 24.5 Å². The third kappa shape index (κ3) is 3.27. The van der Waals surface area contributed by atoms with Gasteiger partial charge in [0, 0.05) is 18.1 Å². The third-order valence-corrected chi connectivity index (χ3v) is 4.08. The number of nitrogens with zero attached hydrogens (tertiary/aromatic N) is 3. The average molecular weight is 282 g/mol. The average Bonchev–Trinajstić information content (AvgIpc) is 2.52. The second-order valence-electron chi connectivity index (χ2n) is 5.80. The van der Waals surface area contributed by atoms with Crippen molar-refractivity contribution in [1.82, 2.24) is 20.3 Å². The Bertz CT molecular complexity index is 624. The van der Waals surface area contributed by atoms with E-state index in [4.69, 9.17) is 4.98 Å². The molecule has 1 aliphatic rings. The minimum Gasteiger partial charge on any atom is -0.317 e. The molecule has 0 aliphatic heterocycles. The second kappa shape index (κ2) is 6.31. The fraction of sp³-hybridized carbons (Fsp3) is 0.471. The molecule has 0 bridgehead atoms. The molecule has 3 rings (SSSR count). The van der Waals surface area contributed by atoms with Gasteiger partial charge in [-0.05, 0) is 68.5 Å². The van der Waals surface area contributed by atoms with Crippen molar-refractivity contribution in [2.45, 2.75) is 33.1 Å². The molecule has 4 nitrogen and oxygen atoms in total. The second-order valence-corrected chi connectivity index (χ2v) is 5.80. The number of nitrogens with one attached hydrogen (secondary N) is 1. The number of aromatic nitrogens is 3. The molecule has 1 N–H and O–H groups in total. The first kappa shape index (κ1) is 14.1. The molecule has 0 saturated carbocycles. The highest BCUT2D eigenvalue weighted by Gasteiger charge is 2.20. The van der Waals surface area contributed by atoms with Crippen LogP contribution in [0.2, 0.25) is 0 Å². The van der Waals surface area contributed by atoms with Gasteiger partial charge in [0.05, 0.1) is 0 Å². The summed E-state index contributed by atoms with van der Waals surface area (Å²) in [6.07, 6.45) is 7.16. The summed E-state index contributed by atoms with van der Waals surface area (Å²) in [7, 11) is 0. The number of rotatable bonds is 4. The quantitative estimate of drug-likeness (QED) is 0.936. The predicted octanol–water partition coefficient (Wildman–Crippen LogP) is 2.56. The molecule has 0 radical (unpaired) electrons. The standard InChI is InChI=1S/C17H22N4/c1-3-18-10-13-4-5-15-14(9-13)11-20-17(21-15)16-8-12(2)6-7-19-16/h6-8,11,13,18H,3-5,9-10H2,1-2H3. The molecule has 2 aromatic heterocycles. The van der Waals surface area contributed by atoms with Crippen LogP contribution < -0.4 is 5.32 Å². The molecule has 0 fully saturated rings. The highest BCUT2D eigenvalue weighted by molar-refractivity contribution is 5.50. The first-order valence-corrected chi connectivity index (χ1v) is 7.74. The molecule has 0 spiro atoms. The fourth-order valence-electron chi connectivity index (χ4n) is 2.89. The SMILES string of the molecule is CCNCC1CCc2nc(-c3cc(C)ccn3)ncc2C1. The molecule has 21 heavy (non-hydrogen) atoms. The van der Waals surface area contributed by atoms with Gasteiger partial charge in [-0.1, -0.05) is 6.92 Å². The van der Waals surface area contributed by atoms with Gasteiger partial charge in [-0.25, -0.2) is 9.97 Å². The fourth-order valence-corrected chi connectivity index (χ4v) is 2.89. The van der Waals surface area contributed by atoms with Crippen LogP contribution in [0.3, 0.4) is 0 Å². The van der Waals surface area contributed by atoms with Crippen LogP contribution >= 0.6 is 0 Å². The number of hydrogen-bond donors (Lipinski definition) is 1. The number of pyridine rings is 1. The maximum absolute atomic E-state index is 4.75. The molecule has 4 heteroatoms. The molecule has 110 valence electrons. The van der Waals surface area contributed by atoms with E-state index in [-0.39, 0.29) is 0 Å². The molecule has 2 heterocycles. The molecule has 0 aromatic carbocycles. The monoisotopic (exact) mass is 282 g/mol. The van der Waals surface area contributed by atoms with Crippen molar-refractivity contribution in [2.24, 2.45) is 5.92 Å². The molecule has 0 amide bonds. The summed E-state index contributed by atoms with van der Waals surface area (Å²) in [5.74, 6) is 1.46. The molecule has 1 unspecified atom stereocenters. The molecule has 2 aromatic rings. The van der Waals surface area contributed by atoms with E-state index >= 15 is 0 Å². The van der Waals surface area contributed by atoms with E-state index in [2.05, 4.69) is 29.1 Å². The number of aryl methyl sites for hydroxylation is 2. The summed E-state index contributed by atoms with van der Waals surface area (Å²) in [6, 6.07) is 4.03. The Kier molecular flexibility index (Phi) is 4.25. The van der Waals surface area contributed by atoms with Gasteiger partial charge in [-0.15, -0.1) is 0 Å². The van der Waals surface area contributed by atoms with Crippen molar-refractivity contribution < 1.29 is 0 Å². The zero-order valence-electron chi connectivity index (χ0n) is 12.8. The smallest absolute Gasteiger partial charge is 0.178 e. The summed E-state index contributed by atoms with van der Waals surface area (Å²) >= 11 is 0. The summed E-state index contributed by atoms with van der Waals surface area (Å²) in [6.45, 7) is 6.35. The van der Waals surface area contributed by atoms with Crippen molar-refractivity contribution in [1.29, 1.82) is 0 Å².